The SMILES string of the molecule is CNCc1cc(Cl)ccc1-c1ccnn1C(C)C. The standard InChI is InChI=1S/C14H18ClN3/c1-10(2)18-14(6-7-17-18)13-5-4-12(15)8-11(13)9-16-3/h4-8,10,16H,9H2,1-3H3. The molecule has 4 heteroatoms. The molecule has 0 saturated heterocycles. The highest BCUT2D eigenvalue weighted by Gasteiger charge is 2.12. The minimum absolute atomic E-state index is 0.341. The van der Waals surface area contributed by atoms with Gasteiger partial charge in [-0.3, -0.25) is 4.68 Å². The zero-order valence-electron chi connectivity index (χ0n) is 10.9. The summed E-state index contributed by atoms with van der Waals surface area (Å²) in [6.45, 7) is 5.05. The van der Waals surface area contributed by atoms with Crippen LogP contribution in [0, 0.1) is 0 Å². The molecule has 0 fully saturated rings. The lowest BCUT2D eigenvalue weighted by Crippen LogP contribution is -2.09. The van der Waals surface area contributed by atoms with Crippen molar-refractivity contribution in [2.45, 2.75) is 26.4 Å². The minimum atomic E-state index is 0.341. The first-order valence-corrected chi connectivity index (χ1v) is 6.48. The van der Waals surface area contributed by atoms with Crippen molar-refractivity contribution >= 4 is 11.6 Å². The molecule has 3 nitrogen and oxygen atoms in total. The van der Waals surface area contributed by atoms with E-state index in [1.165, 1.54) is 11.1 Å². The Hall–Kier alpha value is -1.32. The Labute approximate surface area is 113 Å². The van der Waals surface area contributed by atoms with E-state index in [2.05, 4.69) is 30.3 Å². The first-order chi connectivity index (χ1) is 8.63. The van der Waals surface area contributed by atoms with Crippen LogP contribution in [0.2, 0.25) is 5.02 Å². The van der Waals surface area contributed by atoms with Gasteiger partial charge in [-0.15, -0.1) is 0 Å². The highest BCUT2D eigenvalue weighted by atomic mass is 35.5. The van der Waals surface area contributed by atoms with Gasteiger partial charge in [0.15, 0.2) is 0 Å². The average molecular weight is 264 g/mol. The summed E-state index contributed by atoms with van der Waals surface area (Å²) in [5.74, 6) is 0. The smallest absolute Gasteiger partial charge is 0.0688 e. The highest BCUT2D eigenvalue weighted by molar-refractivity contribution is 6.30. The largest absolute Gasteiger partial charge is 0.316 e. The van der Waals surface area contributed by atoms with Gasteiger partial charge in [0.2, 0.25) is 0 Å². The number of halogens is 1. The molecule has 0 aliphatic carbocycles. The predicted molar refractivity (Wildman–Crippen MR) is 75.8 cm³/mol. The highest BCUT2D eigenvalue weighted by Crippen LogP contribution is 2.28. The summed E-state index contributed by atoms with van der Waals surface area (Å²) in [5.41, 5.74) is 3.50. The van der Waals surface area contributed by atoms with E-state index in [-0.39, 0.29) is 0 Å². The molecule has 0 radical (unpaired) electrons. The second-order valence-electron chi connectivity index (χ2n) is 4.59. The van der Waals surface area contributed by atoms with Crippen LogP contribution in [-0.4, -0.2) is 16.8 Å². The molecule has 0 aliphatic rings. The van der Waals surface area contributed by atoms with Crippen LogP contribution in [0.5, 0.6) is 0 Å². The Morgan fingerprint density at radius 2 is 2.11 bits per heavy atom. The van der Waals surface area contributed by atoms with E-state index in [9.17, 15) is 0 Å². The van der Waals surface area contributed by atoms with Crippen molar-refractivity contribution in [2.24, 2.45) is 0 Å². The Balaban J connectivity index is 2.52. The summed E-state index contributed by atoms with van der Waals surface area (Å²) in [4.78, 5) is 0. The zero-order chi connectivity index (χ0) is 13.1. The molecule has 0 unspecified atom stereocenters. The fourth-order valence-corrected chi connectivity index (χ4v) is 2.28. The van der Waals surface area contributed by atoms with Gasteiger partial charge in [0.25, 0.3) is 0 Å². The summed E-state index contributed by atoms with van der Waals surface area (Å²) >= 11 is 6.07. The molecule has 1 aromatic carbocycles. The van der Waals surface area contributed by atoms with Gasteiger partial charge in [-0.2, -0.15) is 5.10 Å². The maximum Gasteiger partial charge on any atom is 0.0688 e. The van der Waals surface area contributed by atoms with E-state index in [0.29, 0.717) is 6.04 Å². The van der Waals surface area contributed by atoms with Crippen LogP contribution in [-0.2, 0) is 6.54 Å². The summed E-state index contributed by atoms with van der Waals surface area (Å²) in [6.07, 6.45) is 1.84. The first kappa shape index (κ1) is 13.1. The quantitative estimate of drug-likeness (QED) is 0.915. The molecule has 1 heterocycles. The third-order valence-electron chi connectivity index (χ3n) is 2.87. The molecule has 0 saturated carbocycles. The number of benzene rings is 1. The van der Waals surface area contributed by atoms with Crippen molar-refractivity contribution in [3.63, 3.8) is 0 Å². The Morgan fingerprint density at radius 3 is 2.78 bits per heavy atom. The number of nitrogens with one attached hydrogen (secondary N) is 1. The van der Waals surface area contributed by atoms with Gasteiger partial charge < -0.3 is 5.32 Å². The second-order valence-corrected chi connectivity index (χ2v) is 5.02. The summed E-state index contributed by atoms with van der Waals surface area (Å²) in [6, 6.07) is 8.37. The van der Waals surface area contributed by atoms with E-state index < -0.39 is 0 Å². The Morgan fingerprint density at radius 1 is 1.33 bits per heavy atom. The van der Waals surface area contributed by atoms with Crippen molar-refractivity contribution in [3.8, 4) is 11.3 Å². The lowest BCUT2D eigenvalue weighted by molar-refractivity contribution is 0.538. The molecule has 0 bridgehead atoms. The number of hydrogen-bond donors (Lipinski definition) is 1. The number of nitrogens with zero attached hydrogens (tertiary/aromatic N) is 2. The second kappa shape index (κ2) is 5.55. The molecule has 1 N–H and O–H groups in total. The monoisotopic (exact) mass is 263 g/mol. The van der Waals surface area contributed by atoms with Gasteiger partial charge in [-0.25, -0.2) is 0 Å². The fraction of sp³-hybridized carbons (Fsp3) is 0.357. The van der Waals surface area contributed by atoms with Crippen molar-refractivity contribution in [1.29, 1.82) is 0 Å². The Kier molecular flexibility index (Phi) is 4.04. The van der Waals surface area contributed by atoms with Crippen molar-refractivity contribution in [1.82, 2.24) is 15.1 Å². The van der Waals surface area contributed by atoms with E-state index in [0.717, 1.165) is 17.3 Å². The third-order valence-corrected chi connectivity index (χ3v) is 3.11. The zero-order valence-corrected chi connectivity index (χ0v) is 11.7. The molecule has 0 atom stereocenters. The normalized spacial score (nSPS) is 11.2. The summed E-state index contributed by atoms with van der Waals surface area (Å²) < 4.78 is 2.03. The van der Waals surface area contributed by atoms with Crippen LogP contribution in [0.1, 0.15) is 25.5 Å². The molecule has 2 rings (SSSR count). The van der Waals surface area contributed by atoms with Crippen LogP contribution < -0.4 is 5.32 Å². The Bertz CT molecular complexity index is 532. The van der Waals surface area contributed by atoms with Crippen LogP contribution >= 0.6 is 11.6 Å². The molecule has 0 spiro atoms. The summed E-state index contributed by atoms with van der Waals surface area (Å²) in [5, 5.41) is 8.32. The van der Waals surface area contributed by atoms with Crippen LogP contribution in [0.15, 0.2) is 30.5 Å². The minimum Gasteiger partial charge on any atom is -0.316 e. The van der Waals surface area contributed by atoms with Gasteiger partial charge >= 0.3 is 0 Å². The molecule has 18 heavy (non-hydrogen) atoms. The maximum atomic E-state index is 6.07. The molecular formula is C14H18ClN3. The van der Waals surface area contributed by atoms with Gasteiger partial charge in [0.05, 0.1) is 5.69 Å². The molecule has 2 aromatic rings. The first-order valence-electron chi connectivity index (χ1n) is 6.10. The topological polar surface area (TPSA) is 29.9 Å². The third kappa shape index (κ3) is 2.57. The van der Waals surface area contributed by atoms with Gasteiger partial charge in [-0.1, -0.05) is 17.7 Å². The molecule has 0 amide bonds. The molecule has 1 aromatic heterocycles. The fourth-order valence-electron chi connectivity index (χ4n) is 2.09. The predicted octanol–water partition coefficient (Wildman–Crippen LogP) is 3.50. The maximum absolute atomic E-state index is 6.07. The number of rotatable bonds is 4. The van der Waals surface area contributed by atoms with Gasteiger partial charge in [0.1, 0.15) is 0 Å². The molecule has 96 valence electrons. The number of aromatic nitrogens is 2. The van der Waals surface area contributed by atoms with Gasteiger partial charge in [-0.05, 0) is 44.7 Å². The van der Waals surface area contributed by atoms with E-state index in [4.69, 9.17) is 11.6 Å². The average Bonchev–Trinajstić information content (AvgIpc) is 2.78. The van der Waals surface area contributed by atoms with Crippen molar-refractivity contribution in [2.75, 3.05) is 7.05 Å². The van der Waals surface area contributed by atoms with E-state index >= 15 is 0 Å². The van der Waals surface area contributed by atoms with Crippen molar-refractivity contribution < 1.29 is 0 Å². The van der Waals surface area contributed by atoms with Crippen LogP contribution in [0.4, 0.5) is 0 Å². The van der Waals surface area contributed by atoms with Crippen molar-refractivity contribution in [3.05, 3.63) is 41.0 Å². The van der Waals surface area contributed by atoms with Crippen LogP contribution in [0.3, 0.4) is 0 Å². The summed E-state index contributed by atoms with van der Waals surface area (Å²) in [7, 11) is 1.93. The molecule has 0 aliphatic heterocycles. The molecular weight excluding hydrogens is 246 g/mol. The van der Waals surface area contributed by atoms with Crippen LogP contribution in [0.25, 0.3) is 11.3 Å². The van der Waals surface area contributed by atoms with E-state index in [1.807, 2.05) is 36.1 Å². The van der Waals surface area contributed by atoms with E-state index in [1.54, 1.807) is 0 Å². The number of hydrogen-bond acceptors (Lipinski definition) is 2. The van der Waals surface area contributed by atoms with Gasteiger partial charge in [0, 0.05) is 29.4 Å². The lowest BCUT2D eigenvalue weighted by atomic mass is 10.0. The lowest BCUT2D eigenvalue weighted by Gasteiger charge is -2.14.